The zero-order chi connectivity index (χ0) is 14.1. The molecule has 3 rings (SSSR count). The number of alkyl halides is 1. The number of halogens is 2. The maximum atomic E-state index is 6.05. The molecule has 0 radical (unpaired) electrons. The van der Waals surface area contributed by atoms with Crippen molar-refractivity contribution in [3.63, 3.8) is 0 Å². The summed E-state index contributed by atoms with van der Waals surface area (Å²) in [4.78, 5) is 9.08. The molecule has 6 heteroatoms. The number of rotatable bonds is 4. The minimum Gasteiger partial charge on any atom is -0.309 e. The predicted octanol–water partition coefficient (Wildman–Crippen LogP) is 4.80. The molecule has 104 valence electrons. The number of pyridine rings is 1. The van der Waals surface area contributed by atoms with Gasteiger partial charge in [0.1, 0.15) is 11.3 Å². The third kappa shape index (κ3) is 2.62. The van der Waals surface area contributed by atoms with Gasteiger partial charge in [-0.25, -0.2) is 9.97 Å². The van der Waals surface area contributed by atoms with Gasteiger partial charge < -0.3 is 4.57 Å². The Kier molecular flexibility index (Phi) is 4.10. The molecule has 0 aromatic carbocycles. The molecule has 1 atom stereocenters. The smallest absolute Gasteiger partial charge is 0.160 e. The first-order valence-electron chi connectivity index (χ1n) is 6.28. The summed E-state index contributed by atoms with van der Waals surface area (Å²) < 4.78 is 3.08. The molecule has 0 saturated heterocycles. The lowest BCUT2D eigenvalue weighted by Gasteiger charge is -2.15. The van der Waals surface area contributed by atoms with Gasteiger partial charge in [-0.1, -0.05) is 0 Å². The fraction of sp³-hybridized carbons (Fsp3) is 0.286. The van der Waals surface area contributed by atoms with Gasteiger partial charge in [-0.3, -0.25) is 0 Å². The number of hydrogen-bond acceptors (Lipinski definition) is 3. The summed E-state index contributed by atoms with van der Waals surface area (Å²) in [6.45, 7) is 2.18. The second-order valence-corrected chi connectivity index (χ2v) is 6.68. The normalized spacial score (nSPS) is 12.9. The van der Waals surface area contributed by atoms with Crippen LogP contribution < -0.4 is 0 Å². The summed E-state index contributed by atoms with van der Waals surface area (Å²) in [6.07, 6.45) is 2.76. The van der Waals surface area contributed by atoms with Crippen molar-refractivity contribution < 1.29 is 0 Å². The largest absolute Gasteiger partial charge is 0.309 e. The van der Waals surface area contributed by atoms with E-state index in [0.717, 1.165) is 27.9 Å². The van der Waals surface area contributed by atoms with Gasteiger partial charge in [-0.2, -0.15) is 11.3 Å². The van der Waals surface area contributed by atoms with Gasteiger partial charge in [-0.15, -0.1) is 11.6 Å². The van der Waals surface area contributed by atoms with E-state index in [1.165, 1.54) is 5.56 Å². The summed E-state index contributed by atoms with van der Waals surface area (Å²) in [5, 5.41) is 4.28. The Morgan fingerprint density at radius 3 is 3.05 bits per heavy atom. The van der Waals surface area contributed by atoms with Crippen LogP contribution in [0.5, 0.6) is 0 Å². The Hall–Kier alpha value is -0.910. The molecule has 0 amide bonds. The number of nitrogens with zero attached hydrogens (tertiary/aromatic N) is 3. The molecule has 0 aliphatic heterocycles. The van der Waals surface area contributed by atoms with Crippen LogP contribution >= 0.6 is 38.9 Å². The monoisotopic (exact) mass is 369 g/mol. The van der Waals surface area contributed by atoms with E-state index in [2.05, 4.69) is 54.2 Å². The number of imidazole rings is 1. The van der Waals surface area contributed by atoms with Crippen LogP contribution in [0.2, 0.25) is 0 Å². The molecular formula is C14H13BrClN3S. The molecule has 3 nitrogen and oxygen atoms in total. The first kappa shape index (κ1) is 14.0. The average molecular weight is 371 g/mol. The van der Waals surface area contributed by atoms with Crippen molar-refractivity contribution in [1.29, 1.82) is 0 Å². The Labute approximate surface area is 134 Å². The van der Waals surface area contributed by atoms with E-state index in [-0.39, 0.29) is 6.04 Å². The second kappa shape index (κ2) is 5.84. The lowest BCUT2D eigenvalue weighted by molar-refractivity contribution is 0.540. The highest BCUT2D eigenvalue weighted by Gasteiger charge is 2.17. The fourth-order valence-corrected chi connectivity index (χ4v) is 3.59. The summed E-state index contributed by atoms with van der Waals surface area (Å²) >= 11 is 11.2. The average Bonchev–Trinajstić information content (AvgIpc) is 3.04. The van der Waals surface area contributed by atoms with E-state index in [9.17, 15) is 0 Å². The quantitative estimate of drug-likeness (QED) is 0.618. The van der Waals surface area contributed by atoms with Crippen molar-refractivity contribution in [2.24, 2.45) is 0 Å². The highest BCUT2D eigenvalue weighted by atomic mass is 79.9. The SMILES string of the molecule is CC(Cc1ccsc1)n1c(CCl)nc2cc(Br)cnc21. The van der Waals surface area contributed by atoms with Crippen molar-refractivity contribution in [3.05, 3.63) is 45.0 Å². The van der Waals surface area contributed by atoms with Crippen molar-refractivity contribution >= 4 is 50.0 Å². The van der Waals surface area contributed by atoms with E-state index < -0.39 is 0 Å². The first-order valence-corrected chi connectivity index (χ1v) is 8.55. The van der Waals surface area contributed by atoms with Crippen LogP contribution in [0.1, 0.15) is 24.4 Å². The van der Waals surface area contributed by atoms with Crippen molar-refractivity contribution in [2.45, 2.75) is 25.3 Å². The van der Waals surface area contributed by atoms with Crippen LogP contribution in [0.15, 0.2) is 33.6 Å². The van der Waals surface area contributed by atoms with Crippen LogP contribution in [-0.2, 0) is 12.3 Å². The topological polar surface area (TPSA) is 30.7 Å². The number of fused-ring (bicyclic) bond motifs is 1. The summed E-state index contributed by atoms with van der Waals surface area (Å²) in [6, 6.07) is 4.41. The van der Waals surface area contributed by atoms with Crippen molar-refractivity contribution in [3.8, 4) is 0 Å². The molecule has 0 saturated carbocycles. The first-order chi connectivity index (χ1) is 9.69. The summed E-state index contributed by atoms with van der Waals surface area (Å²) in [7, 11) is 0. The molecule has 0 aliphatic carbocycles. The number of hydrogen-bond donors (Lipinski definition) is 0. The maximum Gasteiger partial charge on any atom is 0.160 e. The van der Waals surface area contributed by atoms with Crippen LogP contribution in [0.3, 0.4) is 0 Å². The van der Waals surface area contributed by atoms with E-state index >= 15 is 0 Å². The van der Waals surface area contributed by atoms with E-state index in [1.54, 1.807) is 17.5 Å². The molecule has 0 fully saturated rings. The zero-order valence-electron chi connectivity index (χ0n) is 10.9. The molecule has 3 heterocycles. The summed E-state index contributed by atoms with van der Waals surface area (Å²) in [5.74, 6) is 1.26. The highest BCUT2D eigenvalue weighted by Crippen LogP contribution is 2.25. The van der Waals surface area contributed by atoms with Crippen molar-refractivity contribution in [1.82, 2.24) is 14.5 Å². The molecule has 1 unspecified atom stereocenters. The highest BCUT2D eigenvalue weighted by molar-refractivity contribution is 9.10. The van der Waals surface area contributed by atoms with Gasteiger partial charge in [0.25, 0.3) is 0 Å². The molecule has 3 aromatic rings. The van der Waals surface area contributed by atoms with Gasteiger partial charge in [0.15, 0.2) is 5.65 Å². The van der Waals surface area contributed by atoms with E-state index in [1.807, 2.05) is 6.07 Å². The molecule has 0 aliphatic rings. The van der Waals surface area contributed by atoms with Gasteiger partial charge >= 0.3 is 0 Å². The third-order valence-corrected chi connectivity index (χ3v) is 4.65. The van der Waals surface area contributed by atoms with E-state index in [0.29, 0.717) is 5.88 Å². The lowest BCUT2D eigenvalue weighted by atomic mass is 10.1. The van der Waals surface area contributed by atoms with Gasteiger partial charge in [0, 0.05) is 16.7 Å². The Morgan fingerprint density at radius 2 is 2.35 bits per heavy atom. The zero-order valence-corrected chi connectivity index (χ0v) is 14.0. The molecule has 20 heavy (non-hydrogen) atoms. The Bertz CT molecular complexity index is 723. The maximum absolute atomic E-state index is 6.05. The number of aromatic nitrogens is 3. The molecule has 0 spiro atoms. The molecule has 0 bridgehead atoms. The van der Waals surface area contributed by atoms with Crippen LogP contribution in [0.25, 0.3) is 11.2 Å². The third-order valence-electron chi connectivity index (χ3n) is 3.24. The fourth-order valence-electron chi connectivity index (χ4n) is 2.40. The van der Waals surface area contributed by atoms with Crippen molar-refractivity contribution in [2.75, 3.05) is 0 Å². The molecule has 3 aromatic heterocycles. The van der Waals surface area contributed by atoms with Gasteiger partial charge in [0.2, 0.25) is 0 Å². The Morgan fingerprint density at radius 1 is 1.50 bits per heavy atom. The summed E-state index contributed by atoms with van der Waals surface area (Å²) in [5.41, 5.74) is 3.11. The van der Waals surface area contributed by atoms with Gasteiger partial charge in [0.05, 0.1) is 5.88 Å². The Balaban J connectivity index is 2.04. The minimum atomic E-state index is 0.275. The van der Waals surface area contributed by atoms with Crippen LogP contribution in [-0.4, -0.2) is 14.5 Å². The standard InChI is InChI=1S/C14H13BrClN3S/c1-9(4-10-2-3-20-8-10)19-13(6-16)18-12-5-11(15)7-17-14(12)19/h2-3,5,7-9H,4,6H2,1H3. The minimum absolute atomic E-state index is 0.275. The lowest BCUT2D eigenvalue weighted by Crippen LogP contribution is -2.11. The number of thiophene rings is 1. The van der Waals surface area contributed by atoms with Gasteiger partial charge in [-0.05, 0) is 57.7 Å². The van der Waals surface area contributed by atoms with Crippen LogP contribution in [0.4, 0.5) is 0 Å². The predicted molar refractivity (Wildman–Crippen MR) is 87.5 cm³/mol. The molecule has 0 N–H and O–H groups in total. The van der Waals surface area contributed by atoms with E-state index in [4.69, 9.17) is 11.6 Å². The van der Waals surface area contributed by atoms with Crippen LogP contribution in [0, 0.1) is 0 Å². The molecular weight excluding hydrogens is 358 g/mol. The second-order valence-electron chi connectivity index (χ2n) is 4.71.